The number of aryl methyl sites for hydroxylation is 2. The van der Waals surface area contributed by atoms with E-state index < -0.39 is 0 Å². The maximum Gasteiger partial charge on any atom is 0.317 e. The Labute approximate surface area is 131 Å². The number of carbonyl (C=O) groups excluding carboxylic acids is 1. The number of aliphatic hydroxyl groups is 1. The third-order valence-corrected chi connectivity index (χ3v) is 4.31. The second kappa shape index (κ2) is 7.49. The van der Waals surface area contributed by atoms with Crippen LogP contribution in [0, 0.1) is 19.8 Å². The van der Waals surface area contributed by atoms with Gasteiger partial charge in [-0.15, -0.1) is 0 Å². The zero-order chi connectivity index (χ0) is 16.1. The fraction of sp³-hybridized carbons (Fsp3) is 0.588. The molecule has 0 aromatic heterocycles. The molecular formula is C17H26N2O3. The Hall–Kier alpha value is -1.75. The number of phenolic OH excluding ortho intramolecular Hbond substituents is 1. The van der Waals surface area contributed by atoms with Gasteiger partial charge in [-0.2, -0.15) is 0 Å². The van der Waals surface area contributed by atoms with Gasteiger partial charge < -0.3 is 20.4 Å². The SMILES string of the molecule is Cc1cc(CCNC(=O)N2CCCC(CO)C2)cc(C)c1O. The lowest BCUT2D eigenvalue weighted by Crippen LogP contribution is -2.46. The summed E-state index contributed by atoms with van der Waals surface area (Å²) in [5.41, 5.74) is 2.84. The van der Waals surface area contributed by atoms with E-state index in [-0.39, 0.29) is 18.6 Å². The van der Waals surface area contributed by atoms with E-state index in [4.69, 9.17) is 0 Å². The van der Waals surface area contributed by atoms with Gasteiger partial charge >= 0.3 is 6.03 Å². The maximum absolute atomic E-state index is 12.1. The van der Waals surface area contributed by atoms with Gasteiger partial charge in [0.25, 0.3) is 0 Å². The Morgan fingerprint density at radius 1 is 1.36 bits per heavy atom. The van der Waals surface area contributed by atoms with Crippen LogP contribution in [0.1, 0.15) is 29.5 Å². The number of urea groups is 1. The van der Waals surface area contributed by atoms with Crippen LogP contribution in [0.25, 0.3) is 0 Å². The molecule has 1 aromatic carbocycles. The van der Waals surface area contributed by atoms with Gasteiger partial charge in [-0.3, -0.25) is 0 Å². The van der Waals surface area contributed by atoms with E-state index >= 15 is 0 Å². The number of aliphatic hydroxyl groups excluding tert-OH is 1. The molecule has 122 valence electrons. The first-order valence-electron chi connectivity index (χ1n) is 7.94. The molecule has 1 unspecified atom stereocenters. The van der Waals surface area contributed by atoms with Crippen LogP contribution in [0.2, 0.25) is 0 Å². The zero-order valence-electron chi connectivity index (χ0n) is 13.4. The molecule has 0 aliphatic carbocycles. The average molecular weight is 306 g/mol. The van der Waals surface area contributed by atoms with Crippen molar-refractivity contribution in [3.05, 3.63) is 28.8 Å². The number of carbonyl (C=O) groups is 1. The molecule has 1 aliphatic rings. The van der Waals surface area contributed by atoms with Crippen molar-refractivity contribution >= 4 is 6.03 Å². The quantitative estimate of drug-likeness (QED) is 0.796. The molecule has 1 fully saturated rings. The van der Waals surface area contributed by atoms with Crippen LogP contribution in [-0.4, -0.2) is 47.4 Å². The first-order chi connectivity index (χ1) is 10.5. The topological polar surface area (TPSA) is 72.8 Å². The number of likely N-dealkylation sites (tertiary alicyclic amines) is 1. The normalized spacial score (nSPS) is 18.3. The van der Waals surface area contributed by atoms with Gasteiger partial charge in [-0.25, -0.2) is 4.79 Å². The summed E-state index contributed by atoms with van der Waals surface area (Å²) >= 11 is 0. The summed E-state index contributed by atoms with van der Waals surface area (Å²) in [5.74, 6) is 0.554. The lowest BCUT2D eigenvalue weighted by Gasteiger charge is -2.31. The van der Waals surface area contributed by atoms with Crippen molar-refractivity contribution in [2.75, 3.05) is 26.2 Å². The standard InChI is InChI=1S/C17H26N2O3/c1-12-8-14(9-13(2)16(12)21)5-6-18-17(22)19-7-3-4-15(10-19)11-20/h8-9,15,20-21H,3-7,10-11H2,1-2H3,(H,18,22). The van der Waals surface area contributed by atoms with Crippen LogP contribution < -0.4 is 5.32 Å². The van der Waals surface area contributed by atoms with E-state index in [1.54, 1.807) is 4.90 Å². The molecule has 1 saturated heterocycles. The van der Waals surface area contributed by atoms with Crippen LogP contribution in [0.15, 0.2) is 12.1 Å². The third-order valence-electron chi connectivity index (χ3n) is 4.31. The van der Waals surface area contributed by atoms with E-state index in [1.165, 1.54) is 0 Å². The number of hydrogen-bond donors (Lipinski definition) is 3. The predicted molar refractivity (Wildman–Crippen MR) is 86.1 cm³/mol. The van der Waals surface area contributed by atoms with Crippen molar-refractivity contribution in [1.82, 2.24) is 10.2 Å². The average Bonchev–Trinajstić information content (AvgIpc) is 2.52. The number of rotatable bonds is 4. The molecule has 1 aliphatic heterocycles. The number of aromatic hydroxyl groups is 1. The molecule has 1 heterocycles. The summed E-state index contributed by atoms with van der Waals surface area (Å²) in [6.07, 6.45) is 2.69. The fourth-order valence-electron chi connectivity index (χ4n) is 3.01. The third kappa shape index (κ3) is 4.13. The van der Waals surface area contributed by atoms with Crippen LogP contribution in [0.4, 0.5) is 4.79 Å². The molecular weight excluding hydrogens is 280 g/mol. The molecule has 5 heteroatoms. The van der Waals surface area contributed by atoms with E-state index in [1.807, 2.05) is 26.0 Å². The number of nitrogens with one attached hydrogen (secondary N) is 1. The number of phenols is 1. The summed E-state index contributed by atoms with van der Waals surface area (Å²) in [6, 6.07) is 3.86. The van der Waals surface area contributed by atoms with Crippen LogP contribution in [0.5, 0.6) is 5.75 Å². The largest absolute Gasteiger partial charge is 0.507 e. The molecule has 0 bridgehead atoms. The monoisotopic (exact) mass is 306 g/mol. The number of amides is 2. The van der Waals surface area contributed by atoms with Gasteiger partial charge in [0.05, 0.1) is 0 Å². The van der Waals surface area contributed by atoms with Gasteiger partial charge in [-0.1, -0.05) is 12.1 Å². The first-order valence-corrected chi connectivity index (χ1v) is 7.94. The minimum Gasteiger partial charge on any atom is -0.507 e. The van der Waals surface area contributed by atoms with Crippen molar-refractivity contribution < 1.29 is 15.0 Å². The molecule has 3 N–H and O–H groups in total. The molecule has 22 heavy (non-hydrogen) atoms. The summed E-state index contributed by atoms with van der Waals surface area (Å²) < 4.78 is 0. The Morgan fingerprint density at radius 2 is 2.05 bits per heavy atom. The predicted octanol–water partition coefficient (Wildman–Crippen LogP) is 1.97. The number of hydrogen-bond acceptors (Lipinski definition) is 3. The van der Waals surface area contributed by atoms with E-state index in [2.05, 4.69) is 5.32 Å². The van der Waals surface area contributed by atoms with E-state index in [0.29, 0.717) is 18.8 Å². The molecule has 1 atom stereocenters. The Kier molecular flexibility index (Phi) is 5.66. The number of benzene rings is 1. The summed E-state index contributed by atoms with van der Waals surface area (Å²) in [4.78, 5) is 13.9. The van der Waals surface area contributed by atoms with Crippen LogP contribution in [0.3, 0.4) is 0 Å². The van der Waals surface area contributed by atoms with Gasteiger partial charge in [0.15, 0.2) is 0 Å². The minimum atomic E-state index is -0.0506. The van der Waals surface area contributed by atoms with Crippen LogP contribution in [-0.2, 0) is 6.42 Å². The lowest BCUT2D eigenvalue weighted by atomic mass is 9.99. The number of piperidine rings is 1. The molecule has 1 aromatic rings. The summed E-state index contributed by atoms with van der Waals surface area (Å²) in [5, 5.41) is 21.9. The second-order valence-electron chi connectivity index (χ2n) is 6.20. The van der Waals surface area contributed by atoms with Crippen LogP contribution >= 0.6 is 0 Å². The van der Waals surface area contributed by atoms with Gasteiger partial charge in [0.1, 0.15) is 5.75 Å². The zero-order valence-corrected chi connectivity index (χ0v) is 13.4. The van der Waals surface area contributed by atoms with Crippen molar-refractivity contribution in [2.45, 2.75) is 33.1 Å². The Bertz CT molecular complexity index is 508. The highest BCUT2D eigenvalue weighted by Gasteiger charge is 2.22. The molecule has 0 spiro atoms. The molecule has 2 rings (SSSR count). The van der Waals surface area contributed by atoms with Crippen molar-refractivity contribution in [3.8, 4) is 5.75 Å². The van der Waals surface area contributed by atoms with Crippen molar-refractivity contribution in [3.63, 3.8) is 0 Å². The van der Waals surface area contributed by atoms with E-state index in [0.717, 1.165) is 42.5 Å². The molecule has 2 amide bonds. The van der Waals surface area contributed by atoms with Gasteiger partial charge in [0.2, 0.25) is 0 Å². The lowest BCUT2D eigenvalue weighted by molar-refractivity contribution is 0.129. The Morgan fingerprint density at radius 3 is 2.68 bits per heavy atom. The maximum atomic E-state index is 12.1. The fourth-order valence-corrected chi connectivity index (χ4v) is 3.01. The molecule has 0 radical (unpaired) electrons. The van der Waals surface area contributed by atoms with Gasteiger partial charge in [0, 0.05) is 26.2 Å². The summed E-state index contributed by atoms with van der Waals surface area (Å²) in [7, 11) is 0. The highest BCUT2D eigenvalue weighted by Crippen LogP contribution is 2.23. The second-order valence-corrected chi connectivity index (χ2v) is 6.20. The molecule has 5 nitrogen and oxygen atoms in total. The minimum absolute atomic E-state index is 0.0506. The highest BCUT2D eigenvalue weighted by molar-refractivity contribution is 5.74. The first kappa shape index (κ1) is 16.6. The Balaban J connectivity index is 1.82. The highest BCUT2D eigenvalue weighted by atomic mass is 16.3. The summed E-state index contributed by atoms with van der Waals surface area (Å²) in [6.45, 7) is 5.89. The number of nitrogens with zero attached hydrogens (tertiary/aromatic N) is 1. The van der Waals surface area contributed by atoms with Crippen molar-refractivity contribution in [2.24, 2.45) is 5.92 Å². The van der Waals surface area contributed by atoms with Gasteiger partial charge in [-0.05, 0) is 55.7 Å². The smallest absolute Gasteiger partial charge is 0.317 e. The van der Waals surface area contributed by atoms with Crippen molar-refractivity contribution in [1.29, 1.82) is 0 Å². The molecule has 0 saturated carbocycles. The van der Waals surface area contributed by atoms with E-state index in [9.17, 15) is 15.0 Å².